The van der Waals surface area contributed by atoms with E-state index < -0.39 is 5.97 Å². The Balaban J connectivity index is 1.68. The summed E-state index contributed by atoms with van der Waals surface area (Å²) in [5, 5.41) is 2.70. The lowest BCUT2D eigenvalue weighted by atomic mass is 10.2. The Morgan fingerprint density at radius 1 is 0.963 bits per heavy atom. The highest BCUT2D eigenvalue weighted by Crippen LogP contribution is 2.15. The van der Waals surface area contributed by atoms with E-state index in [-0.39, 0.29) is 11.7 Å². The van der Waals surface area contributed by atoms with Crippen LogP contribution in [0.2, 0.25) is 0 Å². The first-order valence-electron chi connectivity index (χ1n) is 8.67. The molecule has 142 valence electrons. The molecule has 6 heteroatoms. The maximum atomic E-state index is 12.9. The zero-order valence-corrected chi connectivity index (χ0v) is 14.9. The van der Waals surface area contributed by atoms with E-state index in [4.69, 9.17) is 9.47 Å². The first-order chi connectivity index (χ1) is 13.1. The van der Waals surface area contributed by atoms with E-state index in [1.807, 2.05) is 0 Å². The maximum absolute atomic E-state index is 12.9. The number of carbonyl (C=O) groups is 2. The molecule has 0 aliphatic heterocycles. The van der Waals surface area contributed by atoms with Crippen molar-refractivity contribution >= 4 is 17.6 Å². The average molecular weight is 371 g/mol. The summed E-state index contributed by atoms with van der Waals surface area (Å²) in [5.74, 6) is -0.365. The van der Waals surface area contributed by atoms with Crippen LogP contribution in [0.5, 0.6) is 5.75 Å². The largest absolute Gasteiger partial charge is 0.494 e. The number of unbranched alkanes of at least 4 members (excludes halogenated alkanes) is 2. The van der Waals surface area contributed by atoms with Crippen molar-refractivity contribution in [3.8, 4) is 5.75 Å². The second-order valence-corrected chi connectivity index (χ2v) is 5.77. The van der Waals surface area contributed by atoms with Gasteiger partial charge in [-0.05, 0) is 67.8 Å². The van der Waals surface area contributed by atoms with Crippen molar-refractivity contribution in [3.05, 3.63) is 72.6 Å². The number of esters is 1. The van der Waals surface area contributed by atoms with Gasteiger partial charge >= 0.3 is 5.97 Å². The molecule has 2 aromatic carbocycles. The van der Waals surface area contributed by atoms with Crippen molar-refractivity contribution in [2.24, 2.45) is 0 Å². The topological polar surface area (TPSA) is 64.6 Å². The molecule has 0 aliphatic rings. The van der Waals surface area contributed by atoms with Crippen LogP contribution in [-0.4, -0.2) is 25.1 Å². The molecule has 0 aromatic heterocycles. The van der Waals surface area contributed by atoms with E-state index in [2.05, 4.69) is 11.9 Å². The lowest BCUT2D eigenvalue weighted by Crippen LogP contribution is -2.11. The highest BCUT2D eigenvalue weighted by molar-refractivity contribution is 6.04. The molecule has 0 aliphatic carbocycles. The van der Waals surface area contributed by atoms with Gasteiger partial charge in [0.15, 0.2) is 0 Å². The number of amides is 1. The predicted octanol–water partition coefficient (Wildman–Crippen LogP) is 4.36. The number of hydrogen-bond donors (Lipinski definition) is 1. The van der Waals surface area contributed by atoms with E-state index in [0.29, 0.717) is 30.2 Å². The van der Waals surface area contributed by atoms with E-state index in [9.17, 15) is 14.0 Å². The van der Waals surface area contributed by atoms with Crippen molar-refractivity contribution < 1.29 is 23.5 Å². The van der Waals surface area contributed by atoms with Gasteiger partial charge < -0.3 is 14.8 Å². The molecule has 0 heterocycles. The zero-order valence-electron chi connectivity index (χ0n) is 14.9. The quantitative estimate of drug-likeness (QED) is 0.383. The molecule has 5 nitrogen and oxygen atoms in total. The van der Waals surface area contributed by atoms with Gasteiger partial charge in [-0.2, -0.15) is 0 Å². The monoisotopic (exact) mass is 371 g/mol. The molecule has 0 fully saturated rings. The number of benzene rings is 2. The zero-order chi connectivity index (χ0) is 19.5. The fourth-order valence-electron chi connectivity index (χ4n) is 2.24. The SMILES string of the molecule is C=CC(=O)OCCCCCOc1ccc(C(=O)Nc2ccc(F)cc2)cc1. The number of hydrogen-bond acceptors (Lipinski definition) is 4. The maximum Gasteiger partial charge on any atom is 0.330 e. The Bertz CT molecular complexity index is 757. The summed E-state index contributed by atoms with van der Waals surface area (Å²) in [6.07, 6.45) is 3.62. The summed E-state index contributed by atoms with van der Waals surface area (Å²) in [6, 6.07) is 12.4. The first kappa shape index (κ1) is 20.2. The minimum absolute atomic E-state index is 0.276. The number of nitrogens with one attached hydrogen (secondary N) is 1. The summed E-state index contributed by atoms with van der Waals surface area (Å²) in [5.41, 5.74) is 1.01. The summed E-state index contributed by atoms with van der Waals surface area (Å²) in [7, 11) is 0. The molecule has 27 heavy (non-hydrogen) atoms. The van der Waals surface area contributed by atoms with E-state index in [1.165, 1.54) is 24.3 Å². The average Bonchev–Trinajstić information content (AvgIpc) is 2.69. The van der Waals surface area contributed by atoms with Gasteiger partial charge in [0.25, 0.3) is 5.91 Å². The molecule has 2 rings (SSSR count). The van der Waals surface area contributed by atoms with Gasteiger partial charge in [-0.1, -0.05) is 6.58 Å². The van der Waals surface area contributed by atoms with Gasteiger partial charge in [0, 0.05) is 17.3 Å². The smallest absolute Gasteiger partial charge is 0.330 e. The Morgan fingerprint density at radius 2 is 1.63 bits per heavy atom. The molecule has 0 atom stereocenters. The van der Waals surface area contributed by atoms with Gasteiger partial charge in [0.2, 0.25) is 0 Å². The molecule has 1 N–H and O–H groups in total. The normalized spacial score (nSPS) is 10.1. The van der Waals surface area contributed by atoms with Gasteiger partial charge in [-0.15, -0.1) is 0 Å². The van der Waals surface area contributed by atoms with Crippen LogP contribution in [0.1, 0.15) is 29.6 Å². The molecule has 0 unspecified atom stereocenters. The molecular weight excluding hydrogens is 349 g/mol. The predicted molar refractivity (Wildman–Crippen MR) is 101 cm³/mol. The second kappa shape index (κ2) is 10.8. The van der Waals surface area contributed by atoms with Crippen molar-refractivity contribution in [1.29, 1.82) is 0 Å². The molecule has 0 bridgehead atoms. The lowest BCUT2D eigenvalue weighted by Gasteiger charge is -2.08. The van der Waals surface area contributed by atoms with Crippen LogP contribution in [0, 0.1) is 5.82 Å². The minimum atomic E-state index is -0.408. The number of halogens is 1. The van der Waals surface area contributed by atoms with Crippen molar-refractivity contribution in [1.82, 2.24) is 0 Å². The Labute approximate surface area is 157 Å². The summed E-state index contributed by atoms with van der Waals surface area (Å²) >= 11 is 0. The summed E-state index contributed by atoms with van der Waals surface area (Å²) in [4.78, 5) is 23.0. The van der Waals surface area contributed by atoms with Crippen molar-refractivity contribution in [3.63, 3.8) is 0 Å². The third kappa shape index (κ3) is 7.32. The van der Waals surface area contributed by atoms with Crippen LogP contribution in [0.4, 0.5) is 10.1 Å². The van der Waals surface area contributed by atoms with Crippen LogP contribution in [0.15, 0.2) is 61.2 Å². The lowest BCUT2D eigenvalue weighted by molar-refractivity contribution is -0.137. The third-order valence-electron chi connectivity index (χ3n) is 3.69. The van der Waals surface area contributed by atoms with Crippen molar-refractivity contribution in [2.75, 3.05) is 18.5 Å². The van der Waals surface area contributed by atoms with Gasteiger partial charge in [-0.3, -0.25) is 4.79 Å². The number of carbonyl (C=O) groups excluding carboxylic acids is 2. The highest BCUT2D eigenvalue weighted by Gasteiger charge is 2.06. The molecule has 0 radical (unpaired) electrons. The Kier molecular flexibility index (Phi) is 8.03. The highest BCUT2D eigenvalue weighted by atomic mass is 19.1. The molecule has 0 saturated carbocycles. The fraction of sp³-hybridized carbons (Fsp3) is 0.238. The summed E-state index contributed by atoms with van der Waals surface area (Å²) in [6.45, 7) is 4.25. The second-order valence-electron chi connectivity index (χ2n) is 5.77. The number of anilines is 1. The standard InChI is InChI=1S/C21H22FNO4/c1-2-20(24)27-15-5-3-4-14-26-19-12-6-16(7-13-19)21(25)23-18-10-8-17(22)9-11-18/h2,6-13H,1,3-5,14-15H2,(H,23,25). The van der Waals surface area contributed by atoms with Crippen LogP contribution in [0.3, 0.4) is 0 Å². The Morgan fingerprint density at radius 3 is 2.30 bits per heavy atom. The molecule has 1 amide bonds. The number of ether oxygens (including phenoxy) is 2. The van der Waals surface area contributed by atoms with E-state index in [0.717, 1.165) is 25.3 Å². The Hall–Kier alpha value is -3.15. The van der Waals surface area contributed by atoms with Crippen LogP contribution in [-0.2, 0) is 9.53 Å². The van der Waals surface area contributed by atoms with Crippen LogP contribution < -0.4 is 10.1 Å². The number of rotatable bonds is 10. The minimum Gasteiger partial charge on any atom is -0.494 e. The summed E-state index contributed by atoms with van der Waals surface area (Å²) < 4.78 is 23.4. The van der Waals surface area contributed by atoms with Crippen molar-refractivity contribution in [2.45, 2.75) is 19.3 Å². The van der Waals surface area contributed by atoms with Gasteiger partial charge in [0.1, 0.15) is 11.6 Å². The van der Waals surface area contributed by atoms with Gasteiger partial charge in [0.05, 0.1) is 13.2 Å². The molecular formula is C21H22FNO4. The van der Waals surface area contributed by atoms with Gasteiger partial charge in [-0.25, -0.2) is 9.18 Å². The molecule has 2 aromatic rings. The molecule has 0 spiro atoms. The molecule has 0 saturated heterocycles. The van der Waals surface area contributed by atoms with Crippen LogP contribution >= 0.6 is 0 Å². The van der Waals surface area contributed by atoms with E-state index in [1.54, 1.807) is 24.3 Å². The fourth-order valence-corrected chi connectivity index (χ4v) is 2.24. The van der Waals surface area contributed by atoms with Crippen LogP contribution in [0.25, 0.3) is 0 Å². The third-order valence-corrected chi connectivity index (χ3v) is 3.69. The van der Waals surface area contributed by atoms with E-state index >= 15 is 0 Å². The first-order valence-corrected chi connectivity index (χ1v) is 8.67.